The minimum atomic E-state index is -0.256. The first-order chi connectivity index (χ1) is 11.2. The molecule has 2 aromatic carbocycles. The molecular formula is C19H19FN2O. The number of nitrogens with zero attached hydrogens (tertiary/aromatic N) is 2. The summed E-state index contributed by atoms with van der Waals surface area (Å²) in [6.07, 6.45) is 2.39. The summed E-state index contributed by atoms with van der Waals surface area (Å²) in [6, 6.07) is 14.9. The Kier molecular flexibility index (Phi) is 4.53. The van der Waals surface area contributed by atoms with Gasteiger partial charge in [0.15, 0.2) is 0 Å². The molecule has 3 aromatic rings. The van der Waals surface area contributed by atoms with Crippen molar-refractivity contribution in [2.75, 3.05) is 6.61 Å². The normalized spacial score (nSPS) is 10.9. The van der Waals surface area contributed by atoms with Crippen LogP contribution in [0.5, 0.6) is 0 Å². The maximum Gasteiger partial charge on any atom is 0.124 e. The molecule has 1 N–H and O–H groups in total. The number of aliphatic hydroxyl groups is 1. The number of aryl methyl sites for hydroxylation is 2. The van der Waals surface area contributed by atoms with E-state index in [2.05, 4.69) is 4.98 Å². The highest BCUT2D eigenvalue weighted by molar-refractivity contribution is 5.78. The lowest BCUT2D eigenvalue weighted by atomic mass is 10.0. The maximum absolute atomic E-state index is 13.9. The van der Waals surface area contributed by atoms with Crippen molar-refractivity contribution in [2.24, 2.45) is 0 Å². The van der Waals surface area contributed by atoms with E-state index >= 15 is 0 Å². The van der Waals surface area contributed by atoms with E-state index < -0.39 is 0 Å². The van der Waals surface area contributed by atoms with Gasteiger partial charge in [0.25, 0.3) is 0 Å². The largest absolute Gasteiger partial charge is 0.396 e. The highest BCUT2D eigenvalue weighted by Gasteiger charge is 2.15. The van der Waals surface area contributed by atoms with E-state index in [0.717, 1.165) is 28.1 Å². The van der Waals surface area contributed by atoms with E-state index in [1.807, 2.05) is 47.9 Å². The molecule has 0 atom stereocenters. The summed E-state index contributed by atoms with van der Waals surface area (Å²) < 4.78 is 15.8. The summed E-state index contributed by atoms with van der Waals surface area (Å²) in [7, 11) is 0. The number of imidazole rings is 1. The quantitative estimate of drug-likeness (QED) is 0.772. The minimum Gasteiger partial charge on any atom is -0.396 e. The predicted octanol–water partition coefficient (Wildman–Crippen LogP) is 4.05. The molecule has 118 valence electrons. The molecule has 0 unspecified atom stereocenters. The van der Waals surface area contributed by atoms with Crippen LogP contribution in [0.15, 0.2) is 54.9 Å². The molecular weight excluding hydrogens is 291 g/mol. The summed E-state index contributed by atoms with van der Waals surface area (Å²) >= 11 is 0. The molecule has 4 heteroatoms. The average Bonchev–Trinajstić information content (AvgIpc) is 2.96. The van der Waals surface area contributed by atoms with Crippen LogP contribution in [-0.4, -0.2) is 21.3 Å². The topological polar surface area (TPSA) is 38.0 Å². The first kappa shape index (κ1) is 15.4. The van der Waals surface area contributed by atoms with Gasteiger partial charge in [-0.25, -0.2) is 9.37 Å². The van der Waals surface area contributed by atoms with E-state index in [0.29, 0.717) is 13.0 Å². The highest BCUT2D eigenvalue weighted by Crippen LogP contribution is 2.32. The van der Waals surface area contributed by atoms with Gasteiger partial charge in [-0.15, -0.1) is 0 Å². The van der Waals surface area contributed by atoms with Gasteiger partial charge in [0, 0.05) is 24.3 Å². The number of aromatic nitrogens is 2. The van der Waals surface area contributed by atoms with E-state index in [9.17, 15) is 4.39 Å². The SMILES string of the molecule is Cc1cc(F)cc(-c2c(-c3ccccc3)ncn2CCCO)c1. The zero-order valence-electron chi connectivity index (χ0n) is 13.0. The van der Waals surface area contributed by atoms with Crippen LogP contribution in [0.3, 0.4) is 0 Å². The lowest BCUT2D eigenvalue weighted by Crippen LogP contribution is -2.02. The van der Waals surface area contributed by atoms with Crippen LogP contribution in [0.25, 0.3) is 22.5 Å². The van der Waals surface area contributed by atoms with Crippen molar-refractivity contribution in [3.8, 4) is 22.5 Å². The lowest BCUT2D eigenvalue weighted by Gasteiger charge is -2.11. The summed E-state index contributed by atoms with van der Waals surface area (Å²) in [5.41, 5.74) is 4.37. The van der Waals surface area contributed by atoms with Crippen LogP contribution < -0.4 is 0 Å². The van der Waals surface area contributed by atoms with Gasteiger partial charge < -0.3 is 9.67 Å². The fourth-order valence-electron chi connectivity index (χ4n) is 2.78. The number of rotatable bonds is 5. The summed E-state index contributed by atoms with van der Waals surface area (Å²) in [4.78, 5) is 4.53. The number of hydrogen-bond donors (Lipinski definition) is 1. The third-order valence-corrected chi connectivity index (χ3v) is 3.76. The van der Waals surface area contributed by atoms with Crippen molar-refractivity contribution in [2.45, 2.75) is 19.9 Å². The minimum absolute atomic E-state index is 0.112. The van der Waals surface area contributed by atoms with Gasteiger partial charge in [0.1, 0.15) is 5.82 Å². The number of benzene rings is 2. The van der Waals surface area contributed by atoms with Gasteiger partial charge in [-0.05, 0) is 37.1 Å². The second-order valence-electron chi connectivity index (χ2n) is 5.60. The Morgan fingerprint density at radius 1 is 1.09 bits per heavy atom. The molecule has 0 saturated heterocycles. The fraction of sp³-hybridized carbons (Fsp3) is 0.211. The average molecular weight is 310 g/mol. The smallest absolute Gasteiger partial charge is 0.124 e. The zero-order valence-corrected chi connectivity index (χ0v) is 13.0. The Hall–Kier alpha value is -2.46. The summed E-state index contributed by atoms with van der Waals surface area (Å²) in [5, 5.41) is 9.11. The summed E-state index contributed by atoms with van der Waals surface area (Å²) in [5.74, 6) is -0.256. The van der Waals surface area contributed by atoms with Crippen LogP contribution >= 0.6 is 0 Å². The van der Waals surface area contributed by atoms with Crippen LogP contribution in [-0.2, 0) is 6.54 Å². The Balaban J connectivity index is 2.16. The molecule has 0 aliphatic carbocycles. The molecule has 3 rings (SSSR count). The molecule has 0 amide bonds. The Labute approximate surface area is 135 Å². The molecule has 0 bridgehead atoms. The molecule has 0 saturated carbocycles. The predicted molar refractivity (Wildman–Crippen MR) is 89.5 cm³/mol. The molecule has 0 spiro atoms. The Morgan fingerprint density at radius 3 is 2.57 bits per heavy atom. The fourth-order valence-corrected chi connectivity index (χ4v) is 2.78. The zero-order chi connectivity index (χ0) is 16.2. The second kappa shape index (κ2) is 6.75. The van der Waals surface area contributed by atoms with Crippen LogP contribution in [0.2, 0.25) is 0 Å². The molecule has 1 aromatic heterocycles. The monoisotopic (exact) mass is 310 g/mol. The van der Waals surface area contributed by atoms with Crippen molar-refractivity contribution >= 4 is 0 Å². The molecule has 3 nitrogen and oxygen atoms in total. The third kappa shape index (κ3) is 3.32. The molecule has 0 aliphatic rings. The first-order valence-electron chi connectivity index (χ1n) is 7.68. The van der Waals surface area contributed by atoms with Crippen molar-refractivity contribution in [3.05, 3.63) is 66.2 Å². The Morgan fingerprint density at radius 2 is 1.87 bits per heavy atom. The molecule has 0 fully saturated rings. The number of hydrogen-bond acceptors (Lipinski definition) is 2. The molecule has 1 heterocycles. The third-order valence-electron chi connectivity index (χ3n) is 3.76. The number of aliphatic hydroxyl groups excluding tert-OH is 1. The molecule has 0 radical (unpaired) electrons. The van der Waals surface area contributed by atoms with Crippen LogP contribution in [0, 0.1) is 12.7 Å². The van der Waals surface area contributed by atoms with Crippen LogP contribution in [0.4, 0.5) is 4.39 Å². The number of halogens is 1. The van der Waals surface area contributed by atoms with E-state index in [1.165, 1.54) is 12.1 Å². The van der Waals surface area contributed by atoms with Crippen molar-refractivity contribution in [3.63, 3.8) is 0 Å². The van der Waals surface area contributed by atoms with Gasteiger partial charge in [-0.3, -0.25) is 0 Å². The van der Waals surface area contributed by atoms with Crippen molar-refractivity contribution < 1.29 is 9.50 Å². The van der Waals surface area contributed by atoms with Gasteiger partial charge >= 0.3 is 0 Å². The molecule has 23 heavy (non-hydrogen) atoms. The van der Waals surface area contributed by atoms with Crippen molar-refractivity contribution in [1.29, 1.82) is 0 Å². The van der Waals surface area contributed by atoms with E-state index in [4.69, 9.17) is 5.11 Å². The van der Waals surface area contributed by atoms with Gasteiger partial charge in [-0.2, -0.15) is 0 Å². The maximum atomic E-state index is 13.9. The van der Waals surface area contributed by atoms with Gasteiger partial charge in [-0.1, -0.05) is 30.3 Å². The van der Waals surface area contributed by atoms with Gasteiger partial charge in [0.2, 0.25) is 0 Å². The summed E-state index contributed by atoms with van der Waals surface area (Å²) in [6.45, 7) is 2.63. The Bertz CT molecular complexity index is 776. The van der Waals surface area contributed by atoms with Gasteiger partial charge in [0.05, 0.1) is 17.7 Å². The van der Waals surface area contributed by atoms with E-state index in [-0.39, 0.29) is 12.4 Å². The van der Waals surface area contributed by atoms with Crippen LogP contribution in [0.1, 0.15) is 12.0 Å². The first-order valence-corrected chi connectivity index (χ1v) is 7.68. The molecule has 0 aliphatic heterocycles. The lowest BCUT2D eigenvalue weighted by molar-refractivity contribution is 0.280. The standard InChI is InChI=1S/C19H19FN2O/c1-14-10-16(12-17(20)11-14)19-18(15-6-3-2-4-7-15)21-13-22(19)8-5-9-23/h2-4,6-7,10-13,23H,5,8-9H2,1H3. The highest BCUT2D eigenvalue weighted by atomic mass is 19.1. The van der Waals surface area contributed by atoms with Crippen molar-refractivity contribution in [1.82, 2.24) is 9.55 Å². The van der Waals surface area contributed by atoms with E-state index in [1.54, 1.807) is 6.33 Å². The second-order valence-corrected chi connectivity index (χ2v) is 5.60.